The van der Waals surface area contributed by atoms with Crippen LogP contribution in [-0.2, 0) is 4.79 Å². The van der Waals surface area contributed by atoms with E-state index >= 15 is 0 Å². The Bertz CT molecular complexity index is 534. The van der Waals surface area contributed by atoms with Crippen LogP contribution in [0.1, 0.15) is 47.7 Å². The van der Waals surface area contributed by atoms with Crippen molar-refractivity contribution >= 4 is 11.8 Å². The Morgan fingerprint density at radius 3 is 2.38 bits per heavy atom. The fraction of sp³-hybridized carbons (Fsp3) is 0.529. The van der Waals surface area contributed by atoms with E-state index in [0.29, 0.717) is 5.56 Å². The van der Waals surface area contributed by atoms with Crippen LogP contribution >= 0.6 is 0 Å². The van der Waals surface area contributed by atoms with E-state index in [1.165, 1.54) is 6.42 Å². The average Bonchev–Trinajstić information content (AvgIpc) is 2.50. The molecule has 1 aliphatic rings. The molecule has 21 heavy (non-hydrogen) atoms. The number of nitrogens with zero attached hydrogens (tertiary/aromatic N) is 1. The van der Waals surface area contributed by atoms with E-state index in [1.807, 2.05) is 30.9 Å². The maximum absolute atomic E-state index is 12.3. The van der Waals surface area contributed by atoms with Crippen molar-refractivity contribution in [2.45, 2.75) is 46.1 Å². The van der Waals surface area contributed by atoms with E-state index in [9.17, 15) is 9.59 Å². The summed E-state index contributed by atoms with van der Waals surface area (Å²) in [6, 6.07) is 5.12. The summed E-state index contributed by atoms with van der Waals surface area (Å²) in [6.07, 6.45) is 3.31. The predicted molar refractivity (Wildman–Crippen MR) is 83.3 cm³/mol. The highest BCUT2D eigenvalue weighted by molar-refractivity contribution is 5.97. The van der Waals surface area contributed by atoms with Gasteiger partial charge in [0.1, 0.15) is 6.04 Å². The maximum Gasteiger partial charge on any atom is 0.251 e. The van der Waals surface area contributed by atoms with Gasteiger partial charge in [0.2, 0.25) is 5.91 Å². The minimum atomic E-state index is -0.475. The number of likely N-dealkylation sites (tertiary alicyclic amines) is 1. The first-order valence-corrected chi connectivity index (χ1v) is 7.66. The standard InChI is InChI=1S/C17H24N2O2/c1-12-7-8-15(11-13(12)2)16(20)18-14(3)17(21)19-9-5-4-6-10-19/h7-8,11,14H,4-6,9-10H2,1-3H3,(H,18,20)/t14-/m0/s1. The molecule has 0 spiro atoms. The lowest BCUT2D eigenvalue weighted by Crippen LogP contribution is -2.48. The van der Waals surface area contributed by atoms with Crippen LogP contribution in [-0.4, -0.2) is 35.8 Å². The van der Waals surface area contributed by atoms with Gasteiger partial charge < -0.3 is 10.2 Å². The Morgan fingerprint density at radius 1 is 1.10 bits per heavy atom. The number of nitrogens with one attached hydrogen (secondary N) is 1. The second-order valence-corrected chi connectivity index (χ2v) is 5.88. The molecule has 4 nitrogen and oxygen atoms in total. The zero-order chi connectivity index (χ0) is 15.4. The molecule has 0 aliphatic carbocycles. The third-order valence-electron chi connectivity index (χ3n) is 4.15. The minimum Gasteiger partial charge on any atom is -0.341 e. The summed E-state index contributed by atoms with van der Waals surface area (Å²) >= 11 is 0. The van der Waals surface area contributed by atoms with Gasteiger partial charge in [0.15, 0.2) is 0 Å². The third-order valence-corrected chi connectivity index (χ3v) is 4.15. The number of amides is 2. The molecule has 1 aromatic carbocycles. The van der Waals surface area contributed by atoms with Gasteiger partial charge in [-0.1, -0.05) is 6.07 Å². The number of aryl methyl sites for hydroxylation is 2. The van der Waals surface area contributed by atoms with Gasteiger partial charge in [0, 0.05) is 18.7 Å². The van der Waals surface area contributed by atoms with Crippen molar-refractivity contribution < 1.29 is 9.59 Å². The molecule has 1 atom stereocenters. The van der Waals surface area contributed by atoms with Gasteiger partial charge >= 0.3 is 0 Å². The summed E-state index contributed by atoms with van der Waals surface area (Å²) < 4.78 is 0. The van der Waals surface area contributed by atoms with E-state index in [1.54, 1.807) is 13.0 Å². The molecule has 114 valence electrons. The van der Waals surface area contributed by atoms with Crippen LogP contribution in [0.4, 0.5) is 0 Å². The van der Waals surface area contributed by atoms with Crippen molar-refractivity contribution in [3.63, 3.8) is 0 Å². The van der Waals surface area contributed by atoms with Gasteiger partial charge in [-0.25, -0.2) is 0 Å². The molecule has 0 unspecified atom stereocenters. The Morgan fingerprint density at radius 2 is 1.76 bits per heavy atom. The summed E-state index contributed by atoms with van der Waals surface area (Å²) in [5.41, 5.74) is 2.85. The highest BCUT2D eigenvalue weighted by atomic mass is 16.2. The molecular formula is C17H24N2O2. The van der Waals surface area contributed by atoms with Crippen molar-refractivity contribution in [1.29, 1.82) is 0 Å². The number of benzene rings is 1. The summed E-state index contributed by atoms with van der Waals surface area (Å²) in [5.74, 6) is -0.164. The number of piperidine rings is 1. The molecule has 0 bridgehead atoms. The Kier molecular flexibility index (Phi) is 4.99. The van der Waals surface area contributed by atoms with Crippen molar-refractivity contribution in [3.05, 3.63) is 34.9 Å². The fourth-order valence-electron chi connectivity index (χ4n) is 2.61. The lowest BCUT2D eigenvalue weighted by molar-refractivity contribution is -0.133. The van der Waals surface area contributed by atoms with Crippen molar-refractivity contribution in [3.8, 4) is 0 Å². The smallest absolute Gasteiger partial charge is 0.251 e. The molecule has 4 heteroatoms. The molecule has 1 aromatic rings. The van der Waals surface area contributed by atoms with Crippen LogP contribution in [0.2, 0.25) is 0 Å². The zero-order valence-electron chi connectivity index (χ0n) is 13.1. The summed E-state index contributed by atoms with van der Waals surface area (Å²) in [5, 5.41) is 2.81. The molecule has 1 N–H and O–H groups in total. The van der Waals surface area contributed by atoms with Crippen LogP contribution in [0.3, 0.4) is 0 Å². The molecule has 0 radical (unpaired) electrons. The first kappa shape index (κ1) is 15.5. The highest BCUT2D eigenvalue weighted by Gasteiger charge is 2.23. The highest BCUT2D eigenvalue weighted by Crippen LogP contribution is 2.12. The molecule has 1 saturated heterocycles. The van der Waals surface area contributed by atoms with Crippen LogP contribution in [0, 0.1) is 13.8 Å². The van der Waals surface area contributed by atoms with Gasteiger partial charge in [-0.3, -0.25) is 9.59 Å². The van der Waals surface area contributed by atoms with Crippen LogP contribution in [0.15, 0.2) is 18.2 Å². The molecule has 1 heterocycles. The number of carbonyl (C=O) groups excluding carboxylic acids is 2. The van der Waals surface area contributed by atoms with Gasteiger partial charge in [-0.15, -0.1) is 0 Å². The maximum atomic E-state index is 12.3. The van der Waals surface area contributed by atoms with E-state index in [2.05, 4.69) is 5.32 Å². The Hall–Kier alpha value is -1.84. The SMILES string of the molecule is Cc1ccc(C(=O)N[C@@H](C)C(=O)N2CCCCC2)cc1C. The van der Waals surface area contributed by atoms with E-state index < -0.39 is 6.04 Å². The second-order valence-electron chi connectivity index (χ2n) is 5.88. The topological polar surface area (TPSA) is 49.4 Å². The van der Waals surface area contributed by atoms with Crippen molar-refractivity contribution in [2.75, 3.05) is 13.1 Å². The second kappa shape index (κ2) is 6.74. The van der Waals surface area contributed by atoms with E-state index in [-0.39, 0.29) is 11.8 Å². The van der Waals surface area contributed by atoms with Crippen LogP contribution < -0.4 is 5.32 Å². The molecule has 2 amide bonds. The Balaban J connectivity index is 1.97. The Labute approximate surface area is 126 Å². The van der Waals surface area contributed by atoms with Crippen molar-refractivity contribution in [1.82, 2.24) is 10.2 Å². The van der Waals surface area contributed by atoms with E-state index in [0.717, 1.165) is 37.1 Å². The lowest BCUT2D eigenvalue weighted by atomic mass is 10.1. The normalized spacial score (nSPS) is 16.4. The number of hydrogen-bond donors (Lipinski definition) is 1. The van der Waals surface area contributed by atoms with Gasteiger partial charge in [-0.05, 0) is 63.3 Å². The summed E-state index contributed by atoms with van der Waals surface area (Å²) in [6.45, 7) is 7.37. The van der Waals surface area contributed by atoms with Gasteiger partial charge in [0.25, 0.3) is 5.91 Å². The molecule has 1 aliphatic heterocycles. The first-order chi connectivity index (χ1) is 9.99. The molecule has 0 aromatic heterocycles. The predicted octanol–water partition coefficient (Wildman–Crippen LogP) is 2.43. The average molecular weight is 288 g/mol. The van der Waals surface area contributed by atoms with Crippen LogP contribution in [0.5, 0.6) is 0 Å². The van der Waals surface area contributed by atoms with Crippen LogP contribution in [0.25, 0.3) is 0 Å². The summed E-state index contributed by atoms with van der Waals surface area (Å²) in [4.78, 5) is 26.4. The summed E-state index contributed by atoms with van der Waals surface area (Å²) in [7, 11) is 0. The monoisotopic (exact) mass is 288 g/mol. The number of hydrogen-bond acceptors (Lipinski definition) is 2. The molecule has 0 saturated carbocycles. The van der Waals surface area contributed by atoms with Gasteiger partial charge in [-0.2, -0.15) is 0 Å². The van der Waals surface area contributed by atoms with Crippen molar-refractivity contribution in [2.24, 2.45) is 0 Å². The first-order valence-electron chi connectivity index (χ1n) is 7.66. The lowest BCUT2D eigenvalue weighted by Gasteiger charge is -2.29. The fourth-order valence-corrected chi connectivity index (χ4v) is 2.61. The van der Waals surface area contributed by atoms with Gasteiger partial charge in [0.05, 0.1) is 0 Å². The largest absolute Gasteiger partial charge is 0.341 e. The molecular weight excluding hydrogens is 264 g/mol. The zero-order valence-corrected chi connectivity index (χ0v) is 13.1. The van der Waals surface area contributed by atoms with E-state index in [4.69, 9.17) is 0 Å². The number of carbonyl (C=O) groups is 2. The third kappa shape index (κ3) is 3.84. The minimum absolute atomic E-state index is 0.0203. The quantitative estimate of drug-likeness (QED) is 0.928. The molecule has 1 fully saturated rings. The molecule has 2 rings (SSSR count). The number of rotatable bonds is 3.